The maximum absolute atomic E-state index is 12.2. The van der Waals surface area contributed by atoms with Gasteiger partial charge in [0.1, 0.15) is 0 Å². The fourth-order valence-corrected chi connectivity index (χ4v) is 2.71. The van der Waals surface area contributed by atoms with Gasteiger partial charge in [0.2, 0.25) is 0 Å². The van der Waals surface area contributed by atoms with Crippen LogP contribution >= 0.6 is 0 Å². The van der Waals surface area contributed by atoms with Crippen molar-refractivity contribution in [1.82, 2.24) is 10.8 Å². The summed E-state index contributed by atoms with van der Waals surface area (Å²) >= 11 is 0. The number of aryl methyl sites for hydroxylation is 2. The Bertz CT molecular complexity index is 910. The van der Waals surface area contributed by atoms with Gasteiger partial charge in [0.05, 0.1) is 23.3 Å². The van der Waals surface area contributed by atoms with Crippen LogP contribution in [0.4, 0.5) is 0 Å². The van der Waals surface area contributed by atoms with E-state index in [-0.39, 0.29) is 23.3 Å². The van der Waals surface area contributed by atoms with Crippen LogP contribution in [0.2, 0.25) is 0 Å². The van der Waals surface area contributed by atoms with E-state index in [1.165, 1.54) is 12.1 Å². The third-order valence-corrected chi connectivity index (χ3v) is 4.22. The number of benzene rings is 2. The van der Waals surface area contributed by atoms with Gasteiger partial charge in [-0.15, -0.1) is 0 Å². The van der Waals surface area contributed by atoms with Crippen LogP contribution in [0.5, 0.6) is 0 Å². The average molecular weight is 400 g/mol. The molecule has 0 saturated heterocycles. The van der Waals surface area contributed by atoms with Gasteiger partial charge in [0.25, 0.3) is 5.91 Å². The number of carboxylic acid groups (broad SMARTS) is 2. The Morgan fingerprint density at radius 2 is 1.48 bits per heavy atom. The minimum Gasteiger partial charge on any atom is -0.478 e. The predicted molar refractivity (Wildman–Crippen MR) is 106 cm³/mol. The van der Waals surface area contributed by atoms with Gasteiger partial charge in [-0.05, 0) is 44.0 Å². The highest BCUT2D eigenvalue weighted by Gasteiger charge is 2.16. The number of carbonyl (C=O) groups is 3. The summed E-state index contributed by atoms with van der Waals surface area (Å²) in [4.78, 5) is 40.0. The number of carbonyl (C=O) groups excluding carboxylic acids is 1. The fourth-order valence-electron chi connectivity index (χ4n) is 2.71. The third kappa shape index (κ3) is 6.41. The van der Waals surface area contributed by atoms with Crippen LogP contribution in [0.15, 0.2) is 36.4 Å². The molecule has 0 aliphatic heterocycles. The molecule has 1 amide bonds. The molecule has 8 nitrogen and oxygen atoms in total. The van der Waals surface area contributed by atoms with Crippen molar-refractivity contribution in [2.45, 2.75) is 26.9 Å². The zero-order valence-electron chi connectivity index (χ0n) is 16.3. The molecule has 0 aliphatic carbocycles. The van der Waals surface area contributed by atoms with Gasteiger partial charge in [-0.25, -0.2) is 15.1 Å². The third-order valence-electron chi connectivity index (χ3n) is 4.22. The number of carboxylic acids is 2. The first-order valence-corrected chi connectivity index (χ1v) is 9.09. The van der Waals surface area contributed by atoms with Gasteiger partial charge in [0, 0.05) is 13.1 Å². The van der Waals surface area contributed by atoms with Crippen molar-refractivity contribution in [1.29, 1.82) is 0 Å². The molecule has 2 aromatic carbocycles. The molecule has 0 heterocycles. The van der Waals surface area contributed by atoms with Crippen molar-refractivity contribution in [3.05, 3.63) is 69.8 Å². The summed E-state index contributed by atoms with van der Waals surface area (Å²) in [5.74, 6) is -2.60. The lowest BCUT2D eigenvalue weighted by atomic mass is 10.0. The molecule has 29 heavy (non-hydrogen) atoms. The summed E-state index contributed by atoms with van der Waals surface area (Å²) in [6.45, 7) is 4.43. The van der Waals surface area contributed by atoms with Gasteiger partial charge in [-0.3, -0.25) is 9.63 Å². The fraction of sp³-hybridized carbons (Fsp3) is 0.286. The van der Waals surface area contributed by atoms with Crippen LogP contribution in [-0.2, 0) is 11.4 Å². The molecule has 0 fully saturated rings. The van der Waals surface area contributed by atoms with Gasteiger partial charge in [0.15, 0.2) is 0 Å². The number of nitrogens with one attached hydrogen (secondary N) is 2. The van der Waals surface area contributed by atoms with E-state index in [4.69, 9.17) is 4.84 Å². The van der Waals surface area contributed by atoms with Crippen molar-refractivity contribution in [2.24, 2.45) is 0 Å². The molecule has 0 aromatic heterocycles. The van der Waals surface area contributed by atoms with E-state index < -0.39 is 17.8 Å². The lowest BCUT2D eigenvalue weighted by Crippen LogP contribution is -2.28. The molecule has 154 valence electrons. The Kier molecular flexibility index (Phi) is 7.88. The zero-order chi connectivity index (χ0) is 21.4. The first-order chi connectivity index (χ1) is 13.8. The Morgan fingerprint density at radius 3 is 2.14 bits per heavy atom. The summed E-state index contributed by atoms with van der Waals surface area (Å²) in [7, 11) is 0. The van der Waals surface area contributed by atoms with Gasteiger partial charge in [-0.1, -0.05) is 29.3 Å². The summed E-state index contributed by atoms with van der Waals surface area (Å²) in [6.07, 6.45) is 0.541. The normalized spacial score (nSPS) is 10.6. The molecule has 0 radical (unpaired) electrons. The average Bonchev–Trinajstić information content (AvgIpc) is 2.67. The lowest BCUT2D eigenvalue weighted by molar-refractivity contribution is 0.0267. The van der Waals surface area contributed by atoms with Crippen molar-refractivity contribution in [3.63, 3.8) is 0 Å². The quantitative estimate of drug-likeness (QED) is 0.357. The maximum atomic E-state index is 12.2. The standard InChI is InChI=1S/C21H24N2O6/c1-13-4-6-15(17(10-13)20(25)26)12-29-23-9-3-8-22-19(24)16-7-5-14(2)11-18(16)21(27)28/h4-7,10-11,23H,3,8-9,12H2,1-2H3,(H,22,24)(H,25,26)(H,27,28). The maximum Gasteiger partial charge on any atom is 0.336 e. The Labute approximate surface area is 168 Å². The van der Waals surface area contributed by atoms with Crippen LogP contribution in [0.25, 0.3) is 0 Å². The lowest BCUT2D eigenvalue weighted by Gasteiger charge is -2.10. The largest absolute Gasteiger partial charge is 0.478 e. The molecule has 0 saturated carbocycles. The molecular formula is C21H24N2O6. The summed E-state index contributed by atoms with van der Waals surface area (Å²) < 4.78 is 0. The number of hydrogen-bond donors (Lipinski definition) is 4. The predicted octanol–water partition coefficient (Wildman–Crippen LogP) is 2.54. The summed E-state index contributed by atoms with van der Waals surface area (Å²) in [6, 6.07) is 9.76. The second kappa shape index (κ2) is 10.4. The van der Waals surface area contributed by atoms with Gasteiger partial charge < -0.3 is 15.5 Å². The molecule has 4 N–H and O–H groups in total. The number of hydrogen-bond acceptors (Lipinski definition) is 5. The molecule has 2 aromatic rings. The molecule has 2 rings (SSSR count). The van der Waals surface area contributed by atoms with Crippen molar-refractivity contribution < 1.29 is 29.4 Å². The topological polar surface area (TPSA) is 125 Å². The van der Waals surface area contributed by atoms with E-state index in [9.17, 15) is 24.6 Å². The van der Waals surface area contributed by atoms with E-state index in [1.807, 2.05) is 13.0 Å². The number of aromatic carboxylic acids is 2. The minimum atomic E-state index is -1.15. The number of hydroxylamine groups is 1. The molecule has 8 heteroatoms. The second-order valence-electron chi connectivity index (χ2n) is 6.61. The van der Waals surface area contributed by atoms with E-state index in [1.54, 1.807) is 25.1 Å². The van der Waals surface area contributed by atoms with Crippen LogP contribution in [0.3, 0.4) is 0 Å². The van der Waals surface area contributed by atoms with Crippen molar-refractivity contribution in [3.8, 4) is 0 Å². The van der Waals surface area contributed by atoms with E-state index in [0.29, 0.717) is 25.1 Å². The Balaban J connectivity index is 1.74. The molecular weight excluding hydrogens is 376 g/mol. The minimum absolute atomic E-state index is 0.0312. The highest BCUT2D eigenvalue weighted by Crippen LogP contribution is 2.13. The molecule has 0 aliphatic rings. The summed E-state index contributed by atoms with van der Waals surface area (Å²) in [5.41, 5.74) is 5.19. The van der Waals surface area contributed by atoms with Crippen molar-refractivity contribution in [2.75, 3.05) is 13.1 Å². The van der Waals surface area contributed by atoms with Crippen molar-refractivity contribution >= 4 is 17.8 Å². The van der Waals surface area contributed by atoms with E-state index >= 15 is 0 Å². The molecule has 0 spiro atoms. The Morgan fingerprint density at radius 1 is 0.862 bits per heavy atom. The SMILES string of the molecule is Cc1ccc(CONCCCNC(=O)c2ccc(C)cc2C(=O)O)c(C(=O)O)c1. The molecule has 0 bridgehead atoms. The smallest absolute Gasteiger partial charge is 0.336 e. The van der Waals surface area contributed by atoms with Crippen LogP contribution in [-0.4, -0.2) is 41.1 Å². The zero-order valence-corrected chi connectivity index (χ0v) is 16.3. The highest BCUT2D eigenvalue weighted by atomic mass is 16.6. The highest BCUT2D eigenvalue weighted by molar-refractivity contribution is 6.04. The second-order valence-corrected chi connectivity index (χ2v) is 6.61. The number of rotatable bonds is 10. The molecule has 0 atom stereocenters. The van der Waals surface area contributed by atoms with E-state index in [0.717, 1.165) is 11.1 Å². The summed E-state index contributed by atoms with van der Waals surface area (Å²) in [5, 5.41) is 21.1. The van der Waals surface area contributed by atoms with Gasteiger partial charge >= 0.3 is 11.9 Å². The van der Waals surface area contributed by atoms with Crippen LogP contribution in [0.1, 0.15) is 54.2 Å². The molecule has 0 unspecified atom stereocenters. The first kappa shape index (κ1) is 22.1. The van der Waals surface area contributed by atoms with E-state index in [2.05, 4.69) is 10.8 Å². The first-order valence-electron chi connectivity index (χ1n) is 9.09. The Hall–Kier alpha value is -3.23. The van der Waals surface area contributed by atoms with Crippen LogP contribution < -0.4 is 10.8 Å². The van der Waals surface area contributed by atoms with Gasteiger partial charge in [-0.2, -0.15) is 0 Å². The number of amides is 1. The van der Waals surface area contributed by atoms with Crippen LogP contribution in [0, 0.1) is 13.8 Å². The monoisotopic (exact) mass is 400 g/mol.